The number of imide groups is 1. The molecule has 3 rings (SSSR count). The first kappa shape index (κ1) is 23.3. The lowest BCUT2D eigenvalue weighted by Crippen LogP contribution is -2.40. The normalized spacial score (nSPS) is 19.5. The molecule has 2 amide bonds. The third-order valence-electron chi connectivity index (χ3n) is 6.09. The number of aliphatic hydroxyl groups excluding tert-OH is 1. The zero-order chi connectivity index (χ0) is 22.2. The Balaban J connectivity index is 1.89. The lowest BCUT2D eigenvalue weighted by molar-refractivity contribution is -0.137. The van der Waals surface area contributed by atoms with E-state index in [2.05, 4.69) is 13.8 Å². The molecular formula is C25H36N2O4. The molecule has 0 aromatic heterocycles. The molecule has 1 aromatic rings. The van der Waals surface area contributed by atoms with Crippen LogP contribution in [-0.2, 0) is 9.59 Å². The molecule has 1 saturated heterocycles. The van der Waals surface area contributed by atoms with Crippen molar-refractivity contribution in [2.45, 2.75) is 58.8 Å². The number of nitrogens with zero attached hydrogens (tertiary/aromatic N) is 2. The molecular weight excluding hydrogens is 392 g/mol. The smallest absolute Gasteiger partial charge is 0.277 e. The molecule has 0 saturated carbocycles. The summed E-state index contributed by atoms with van der Waals surface area (Å²) in [6.45, 7) is 6.75. The van der Waals surface area contributed by atoms with Gasteiger partial charge < -0.3 is 14.7 Å². The maximum absolute atomic E-state index is 13.4. The average Bonchev–Trinajstić information content (AvgIpc) is 3.05. The highest BCUT2D eigenvalue weighted by atomic mass is 16.5. The Kier molecular flexibility index (Phi) is 8.52. The molecule has 2 aliphatic rings. The summed E-state index contributed by atoms with van der Waals surface area (Å²) >= 11 is 0. The number of likely N-dealkylation sites (tertiary alicyclic amines) is 1. The monoisotopic (exact) mass is 428 g/mol. The van der Waals surface area contributed by atoms with Gasteiger partial charge in [0, 0.05) is 26.2 Å². The van der Waals surface area contributed by atoms with Gasteiger partial charge in [0.25, 0.3) is 11.8 Å². The molecule has 1 N–H and O–H groups in total. The topological polar surface area (TPSA) is 70.1 Å². The maximum atomic E-state index is 13.4. The van der Waals surface area contributed by atoms with Gasteiger partial charge in [-0.05, 0) is 49.3 Å². The van der Waals surface area contributed by atoms with Gasteiger partial charge in [0.15, 0.2) is 0 Å². The molecule has 2 aliphatic heterocycles. The summed E-state index contributed by atoms with van der Waals surface area (Å²) in [5.74, 6) is 0.499. The van der Waals surface area contributed by atoms with Crippen molar-refractivity contribution in [3.8, 4) is 5.75 Å². The minimum Gasteiger partial charge on any atom is -0.494 e. The van der Waals surface area contributed by atoms with Crippen LogP contribution in [0, 0.1) is 5.92 Å². The van der Waals surface area contributed by atoms with E-state index in [9.17, 15) is 14.7 Å². The van der Waals surface area contributed by atoms with Crippen LogP contribution in [0.25, 0.3) is 5.57 Å². The predicted molar refractivity (Wildman–Crippen MR) is 121 cm³/mol. The molecule has 2 heterocycles. The molecule has 0 bridgehead atoms. The molecule has 1 fully saturated rings. The first-order chi connectivity index (χ1) is 15.1. The van der Waals surface area contributed by atoms with Crippen molar-refractivity contribution in [3.05, 3.63) is 35.5 Å². The number of amides is 2. The highest BCUT2D eigenvalue weighted by Crippen LogP contribution is 2.34. The number of ether oxygens (including phenoxy) is 1. The second-order valence-electron chi connectivity index (χ2n) is 8.56. The van der Waals surface area contributed by atoms with E-state index in [4.69, 9.17) is 4.74 Å². The zero-order valence-electron chi connectivity index (χ0n) is 18.9. The van der Waals surface area contributed by atoms with Gasteiger partial charge in [-0.3, -0.25) is 14.5 Å². The second-order valence-corrected chi connectivity index (χ2v) is 8.56. The number of unbranched alkanes of at least 4 members (excludes halogenated alkanes) is 3. The van der Waals surface area contributed by atoms with Gasteiger partial charge in [0.1, 0.15) is 11.4 Å². The van der Waals surface area contributed by atoms with Crippen LogP contribution in [0.1, 0.15) is 64.4 Å². The minimum absolute atomic E-state index is 0.103. The number of piperidine rings is 1. The Hall–Kier alpha value is -2.34. The number of hydrogen-bond acceptors (Lipinski definition) is 5. The summed E-state index contributed by atoms with van der Waals surface area (Å²) in [6, 6.07) is 7.48. The molecule has 31 heavy (non-hydrogen) atoms. The largest absolute Gasteiger partial charge is 0.494 e. The molecule has 0 aliphatic carbocycles. The van der Waals surface area contributed by atoms with Gasteiger partial charge in [-0.1, -0.05) is 45.2 Å². The van der Waals surface area contributed by atoms with Gasteiger partial charge in [-0.25, -0.2) is 0 Å². The summed E-state index contributed by atoms with van der Waals surface area (Å²) in [5, 5.41) is 9.65. The number of hydrogen-bond donors (Lipinski definition) is 1. The standard InChI is InChI=1S/C25H36N2O4/c1-3-5-6-7-15-27-24(29)22(20-10-12-21(13-11-20)31-16-4-2)23(25(27)30)26-14-8-9-19(17-26)18-28/h10-13,19,28H,3-9,14-18H2,1-2H3. The second kappa shape index (κ2) is 11.3. The van der Waals surface area contributed by atoms with E-state index in [0.29, 0.717) is 31.0 Å². The number of carbonyl (C=O) groups excluding carboxylic acids is 2. The van der Waals surface area contributed by atoms with Crippen molar-refractivity contribution in [2.24, 2.45) is 5.92 Å². The molecule has 1 atom stereocenters. The van der Waals surface area contributed by atoms with E-state index in [1.807, 2.05) is 29.2 Å². The van der Waals surface area contributed by atoms with Crippen LogP contribution < -0.4 is 4.74 Å². The Morgan fingerprint density at radius 3 is 2.48 bits per heavy atom. The van der Waals surface area contributed by atoms with Crippen LogP contribution in [0.3, 0.4) is 0 Å². The van der Waals surface area contributed by atoms with Gasteiger partial charge in [0.2, 0.25) is 0 Å². The maximum Gasteiger partial charge on any atom is 0.277 e. The fourth-order valence-electron chi connectivity index (χ4n) is 4.37. The lowest BCUT2D eigenvalue weighted by atomic mass is 9.97. The number of aliphatic hydroxyl groups is 1. The van der Waals surface area contributed by atoms with Crippen molar-refractivity contribution in [1.82, 2.24) is 9.80 Å². The Labute approximate surface area is 185 Å². The van der Waals surface area contributed by atoms with E-state index >= 15 is 0 Å². The van der Waals surface area contributed by atoms with Gasteiger partial charge >= 0.3 is 0 Å². The van der Waals surface area contributed by atoms with Crippen LogP contribution in [-0.4, -0.2) is 59.6 Å². The van der Waals surface area contributed by atoms with Crippen molar-refractivity contribution in [1.29, 1.82) is 0 Å². The first-order valence-corrected chi connectivity index (χ1v) is 11.8. The summed E-state index contributed by atoms with van der Waals surface area (Å²) in [4.78, 5) is 30.2. The quantitative estimate of drug-likeness (QED) is 0.428. The van der Waals surface area contributed by atoms with Gasteiger partial charge in [-0.2, -0.15) is 0 Å². The molecule has 6 heteroatoms. The lowest BCUT2D eigenvalue weighted by Gasteiger charge is -2.34. The van der Waals surface area contributed by atoms with E-state index in [1.54, 1.807) is 0 Å². The molecule has 170 valence electrons. The van der Waals surface area contributed by atoms with Crippen LogP contribution in [0.4, 0.5) is 0 Å². The van der Waals surface area contributed by atoms with Crippen LogP contribution in [0.2, 0.25) is 0 Å². The molecule has 6 nitrogen and oxygen atoms in total. The van der Waals surface area contributed by atoms with Crippen LogP contribution in [0.15, 0.2) is 30.0 Å². The predicted octanol–water partition coefficient (Wildman–Crippen LogP) is 3.84. The Bertz CT molecular complexity index is 787. The summed E-state index contributed by atoms with van der Waals surface area (Å²) < 4.78 is 5.67. The minimum atomic E-state index is -0.204. The van der Waals surface area contributed by atoms with Crippen molar-refractivity contribution < 1.29 is 19.4 Å². The van der Waals surface area contributed by atoms with E-state index in [-0.39, 0.29) is 24.3 Å². The third-order valence-corrected chi connectivity index (χ3v) is 6.09. The highest BCUT2D eigenvalue weighted by molar-refractivity contribution is 6.35. The summed E-state index contributed by atoms with van der Waals surface area (Å²) in [7, 11) is 0. The fourth-order valence-corrected chi connectivity index (χ4v) is 4.37. The fraction of sp³-hybridized carbons (Fsp3) is 0.600. The van der Waals surface area contributed by atoms with Crippen molar-refractivity contribution >= 4 is 17.4 Å². The molecule has 1 aromatic carbocycles. The SMILES string of the molecule is CCCCCCN1C(=O)C(c2ccc(OCCC)cc2)=C(N2CCCC(CO)C2)C1=O. The van der Waals surface area contributed by atoms with E-state index in [0.717, 1.165) is 62.8 Å². The van der Waals surface area contributed by atoms with Crippen molar-refractivity contribution in [2.75, 3.05) is 32.8 Å². The molecule has 0 radical (unpaired) electrons. The molecule has 1 unspecified atom stereocenters. The third kappa shape index (κ3) is 5.48. The van der Waals surface area contributed by atoms with Crippen LogP contribution in [0.5, 0.6) is 5.75 Å². The highest BCUT2D eigenvalue weighted by Gasteiger charge is 2.42. The van der Waals surface area contributed by atoms with Gasteiger partial charge in [-0.15, -0.1) is 0 Å². The van der Waals surface area contributed by atoms with Gasteiger partial charge in [0.05, 0.1) is 12.2 Å². The number of rotatable bonds is 11. The Morgan fingerprint density at radius 2 is 1.81 bits per heavy atom. The Morgan fingerprint density at radius 1 is 1.03 bits per heavy atom. The van der Waals surface area contributed by atoms with E-state index < -0.39 is 0 Å². The van der Waals surface area contributed by atoms with Crippen molar-refractivity contribution in [3.63, 3.8) is 0 Å². The zero-order valence-corrected chi connectivity index (χ0v) is 18.9. The van der Waals surface area contributed by atoms with Crippen LogP contribution >= 0.6 is 0 Å². The number of benzene rings is 1. The summed E-state index contributed by atoms with van der Waals surface area (Å²) in [6.07, 6.45) is 6.84. The first-order valence-electron chi connectivity index (χ1n) is 11.8. The van der Waals surface area contributed by atoms with E-state index in [1.165, 1.54) is 4.90 Å². The number of carbonyl (C=O) groups is 2. The summed E-state index contributed by atoms with van der Waals surface area (Å²) in [5.41, 5.74) is 1.74. The molecule has 0 spiro atoms. The average molecular weight is 429 g/mol.